The lowest BCUT2D eigenvalue weighted by Crippen LogP contribution is -2.63. The Labute approximate surface area is 212 Å². The molecule has 9 heteroatoms. The Morgan fingerprint density at radius 3 is 2.33 bits per heavy atom. The van der Waals surface area contributed by atoms with Crippen molar-refractivity contribution in [3.63, 3.8) is 0 Å². The molecule has 0 radical (unpaired) electrons. The molecule has 5 nitrogen and oxygen atoms in total. The van der Waals surface area contributed by atoms with Crippen LogP contribution in [0.2, 0.25) is 5.02 Å². The summed E-state index contributed by atoms with van der Waals surface area (Å²) in [5, 5.41) is 20.2. The Bertz CT molecular complexity index is 1220. The Hall–Kier alpha value is -3.09. The van der Waals surface area contributed by atoms with Gasteiger partial charge in [0.25, 0.3) is 0 Å². The van der Waals surface area contributed by atoms with E-state index >= 15 is 0 Å². The molecule has 0 spiro atoms. The quantitative estimate of drug-likeness (QED) is 0.487. The van der Waals surface area contributed by atoms with Crippen molar-refractivity contribution in [1.82, 2.24) is 9.88 Å². The number of piperidine rings is 1. The van der Waals surface area contributed by atoms with Gasteiger partial charge in [-0.3, -0.25) is 4.90 Å². The summed E-state index contributed by atoms with van der Waals surface area (Å²) >= 11 is 5.93. The van der Waals surface area contributed by atoms with E-state index in [1.165, 1.54) is 0 Å². The standard InChI is InChI=1S/C27H24ClF3N2O3/c28-22-7-4-20(5-8-22)21-6-10-23(32-17-21)9-1-19-2-11-24(12-3-19)36-16-15-33-14-13-26(35,25(34)18-33)27(29,30)31/h2-8,10-12,17,25,34-35H,13-16,18H2/t25-,26+/m0/s1. The third-order valence-corrected chi connectivity index (χ3v) is 6.34. The summed E-state index contributed by atoms with van der Waals surface area (Å²) in [5.74, 6) is 6.66. The maximum Gasteiger partial charge on any atom is 0.419 e. The lowest BCUT2D eigenvalue weighted by atomic mass is 9.88. The highest BCUT2D eigenvalue weighted by atomic mass is 35.5. The molecule has 0 bridgehead atoms. The zero-order valence-electron chi connectivity index (χ0n) is 19.2. The summed E-state index contributed by atoms with van der Waals surface area (Å²) in [5.41, 5.74) is 0.330. The van der Waals surface area contributed by atoms with Crippen LogP contribution in [0, 0.1) is 11.8 Å². The van der Waals surface area contributed by atoms with E-state index in [-0.39, 0.29) is 19.7 Å². The number of β-amino-alcohol motifs (C(OH)–C–C–N with tert-alkyl or cyclic N) is 1. The number of pyridine rings is 1. The summed E-state index contributed by atoms with van der Waals surface area (Å²) in [6, 6.07) is 18.4. The maximum absolute atomic E-state index is 13.0. The molecule has 0 unspecified atom stereocenters. The molecule has 188 valence electrons. The zero-order chi connectivity index (χ0) is 25.8. The first-order valence-corrected chi connectivity index (χ1v) is 11.7. The lowest BCUT2D eigenvalue weighted by Gasteiger charge is -2.42. The van der Waals surface area contributed by atoms with Crippen LogP contribution in [0.1, 0.15) is 17.7 Å². The van der Waals surface area contributed by atoms with Crippen LogP contribution in [0.5, 0.6) is 5.75 Å². The summed E-state index contributed by atoms with van der Waals surface area (Å²) < 4.78 is 44.6. The van der Waals surface area contributed by atoms with E-state index in [2.05, 4.69) is 16.8 Å². The van der Waals surface area contributed by atoms with E-state index in [4.69, 9.17) is 16.3 Å². The number of ether oxygens (including phenoxy) is 1. The highest BCUT2D eigenvalue weighted by Gasteiger charge is 2.59. The Morgan fingerprint density at radius 1 is 1.03 bits per heavy atom. The molecule has 1 aliphatic rings. The van der Waals surface area contributed by atoms with Gasteiger partial charge in [0.05, 0.1) is 0 Å². The Balaban J connectivity index is 1.26. The van der Waals surface area contributed by atoms with Crippen molar-refractivity contribution in [1.29, 1.82) is 0 Å². The number of aliphatic hydroxyl groups is 2. The molecule has 2 atom stereocenters. The van der Waals surface area contributed by atoms with Crippen molar-refractivity contribution < 1.29 is 28.1 Å². The number of nitrogens with zero attached hydrogens (tertiary/aromatic N) is 2. The van der Waals surface area contributed by atoms with E-state index in [1.807, 2.05) is 36.4 Å². The van der Waals surface area contributed by atoms with E-state index in [9.17, 15) is 23.4 Å². The molecule has 1 saturated heterocycles. The predicted molar refractivity (Wildman–Crippen MR) is 131 cm³/mol. The van der Waals surface area contributed by atoms with Crippen molar-refractivity contribution in [3.05, 3.63) is 83.1 Å². The lowest BCUT2D eigenvalue weighted by molar-refractivity contribution is -0.302. The second kappa shape index (κ2) is 10.9. The van der Waals surface area contributed by atoms with Crippen LogP contribution in [0.15, 0.2) is 66.9 Å². The molecule has 0 aliphatic carbocycles. The van der Waals surface area contributed by atoms with Gasteiger partial charge < -0.3 is 14.9 Å². The minimum atomic E-state index is -4.86. The van der Waals surface area contributed by atoms with Crippen LogP contribution in [0.3, 0.4) is 0 Å². The number of alkyl halides is 3. The number of aliphatic hydroxyl groups excluding tert-OH is 1. The van der Waals surface area contributed by atoms with E-state index in [1.54, 1.807) is 35.4 Å². The van der Waals surface area contributed by atoms with Crippen molar-refractivity contribution in [2.75, 3.05) is 26.2 Å². The molecule has 1 fully saturated rings. The molecule has 2 N–H and O–H groups in total. The average molecular weight is 517 g/mol. The molecule has 2 heterocycles. The van der Waals surface area contributed by atoms with Crippen LogP contribution in [0.4, 0.5) is 13.2 Å². The first kappa shape index (κ1) is 26.0. The smallest absolute Gasteiger partial charge is 0.419 e. The van der Waals surface area contributed by atoms with Crippen molar-refractivity contribution in [3.8, 4) is 28.7 Å². The van der Waals surface area contributed by atoms with Gasteiger partial charge in [-0.2, -0.15) is 13.2 Å². The second-order valence-corrected chi connectivity index (χ2v) is 8.99. The molecule has 2 aromatic carbocycles. The first-order valence-electron chi connectivity index (χ1n) is 11.3. The summed E-state index contributed by atoms with van der Waals surface area (Å²) in [4.78, 5) is 6.03. The molecule has 3 aromatic rings. The fourth-order valence-electron chi connectivity index (χ4n) is 3.86. The fraction of sp³-hybridized carbons (Fsp3) is 0.296. The van der Waals surface area contributed by atoms with E-state index < -0.39 is 24.3 Å². The molecule has 4 rings (SSSR count). The zero-order valence-corrected chi connectivity index (χ0v) is 19.9. The number of likely N-dealkylation sites (tertiary alicyclic amines) is 1. The number of hydrogen-bond acceptors (Lipinski definition) is 5. The van der Waals surface area contributed by atoms with Gasteiger partial charge in [-0.05, 0) is 53.9 Å². The SMILES string of the molecule is O[C@H]1CN(CCOc2ccc(C#Cc3ccc(-c4ccc(Cl)cc4)cn3)cc2)CC[C@]1(O)C(F)(F)F. The van der Waals surface area contributed by atoms with Gasteiger partial charge in [0.1, 0.15) is 24.2 Å². The van der Waals surface area contributed by atoms with Crippen LogP contribution in [0.25, 0.3) is 11.1 Å². The molecular weight excluding hydrogens is 493 g/mol. The highest BCUT2D eigenvalue weighted by molar-refractivity contribution is 6.30. The third kappa shape index (κ3) is 6.18. The minimum Gasteiger partial charge on any atom is -0.492 e. The van der Waals surface area contributed by atoms with Gasteiger partial charge >= 0.3 is 6.18 Å². The molecule has 0 saturated carbocycles. The predicted octanol–water partition coefficient (Wildman–Crippen LogP) is 4.54. The largest absolute Gasteiger partial charge is 0.492 e. The number of hydrogen-bond donors (Lipinski definition) is 2. The fourth-order valence-corrected chi connectivity index (χ4v) is 3.99. The number of aromatic nitrogens is 1. The molecule has 0 amide bonds. The van der Waals surface area contributed by atoms with Crippen LogP contribution in [-0.4, -0.2) is 64.2 Å². The van der Waals surface area contributed by atoms with Gasteiger partial charge in [0, 0.05) is 48.4 Å². The maximum atomic E-state index is 13.0. The Morgan fingerprint density at radius 2 is 1.72 bits per heavy atom. The highest BCUT2D eigenvalue weighted by Crippen LogP contribution is 2.38. The number of rotatable bonds is 5. The van der Waals surface area contributed by atoms with E-state index in [0.29, 0.717) is 23.0 Å². The molecular formula is C27H24ClF3N2O3. The monoisotopic (exact) mass is 516 g/mol. The normalized spacial score (nSPS) is 20.4. The number of halogens is 4. The van der Waals surface area contributed by atoms with Crippen LogP contribution >= 0.6 is 11.6 Å². The summed E-state index contributed by atoms with van der Waals surface area (Å²) in [6.07, 6.45) is -5.58. The summed E-state index contributed by atoms with van der Waals surface area (Å²) in [7, 11) is 0. The topological polar surface area (TPSA) is 65.8 Å². The Kier molecular flexibility index (Phi) is 7.86. The average Bonchev–Trinajstić information content (AvgIpc) is 2.86. The van der Waals surface area contributed by atoms with Gasteiger partial charge in [-0.1, -0.05) is 35.7 Å². The van der Waals surface area contributed by atoms with Crippen LogP contribution < -0.4 is 4.74 Å². The van der Waals surface area contributed by atoms with Crippen molar-refractivity contribution in [2.24, 2.45) is 0 Å². The second-order valence-electron chi connectivity index (χ2n) is 8.55. The molecule has 36 heavy (non-hydrogen) atoms. The molecule has 1 aliphatic heterocycles. The van der Waals surface area contributed by atoms with Gasteiger partial charge in [0.2, 0.25) is 0 Å². The molecule has 1 aromatic heterocycles. The third-order valence-electron chi connectivity index (χ3n) is 6.09. The number of benzene rings is 2. The van der Waals surface area contributed by atoms with Crippen LogP contribution in [-0.2, 0) is 0 Å². The van der Waals surface area contributed by atoms with Crippen molar-refractivity contribution in [2.45, 2.75) is 24.3 Å². The van der Waals surface area contributed by atoms with Crippen molar-refractivity contribution >= 4 is 11.6 Å². The van der Waals surface area contributed by atoms with Gasteiger partial charge in [-0.25, -0.2) is 4.98 Å². The minimum absolute atomic E-state index is 0.0136. The van der Waals surface area contributed by atoms with E-state index in [0.717, 1.165) is 16.7 Å². The summed E-state index contributed by atoms with van der Waals surface area (Å²) in [6.45, 7) is 0.290. The van der Waals surface area contributed by atoms with Gasteiger partial charge in [0.15, 0.2) is 5.60 Å². The first-order chi connectivity index (χ1) is 17.1. The van der Waals surface area contributed by atoms with Gasteiger partial charge in [-0.15, -0.1) is 0 Å².